The van der Waals surface area contributed by atoms with Crippen LogP contribution in [0.1, 0.15) is 16.0 Å². The van der Waals surface area contributed by atoms with Crippen LogP contribution in [0.3, 0.4) is 0 Å². The summed E-state index contributed by atoms with van der Waals surface area (Å²) < 4.78 is 17.6. The highest BCUT2D eigenvalue weighted by atomic mass is 79.9. The van der Waals surface area contributed by atoms with Gasteiger partial charge >= 0.3 is 5.97 Å². The van der Waals surface area contributed by atoms with Gasteiger partial charge in [0.1, 0.15) is 6.61 Å². The van der Waals surface area contributed by atoms with E-state index in [0.29, 0.717) is 24.0 Å². The van der Waals surface area contributed by atoms with Crippen LogP contribution >= 0.6 is 27.3 Å². The van der Waals surface area contributed by atoms with Crippen molar-refractivity contribution in [1.82, 2.24) is 0 Å². The van der Waals surface area contributed by atoms with E-state index in [4.69, 9.17) is 14.2 Å². The number of aliphatic imine (C=N–C) groups is 1. The lowest BCUT2D eigenvalue weighted by molar-refractivity contribution is -0.129. The molecule has 0 saturated heterocycles. The Balaban J connectivity index is 1.58. The third-order valence-corrected chi connectivity index (χ3v) is 5.82. The minimum atomic E-state index is -0.472. The quantitative estimate of drug-likeness (QED) is 0.356. The molecule has 0 fully saturated rings. The predicted molar refractivity (Wildman–Crippen MR) is 116 cm³/mol. The first-order chi connectivity index (χ1) is 14.1. The molecule has 2 aromatic carbocycles. The standard InChI is InChI=1S/C22H16BrNO4S/c1-26-18-9-8-14(12-19(18)27-13-15-5-2-3-6-16(15)23)11-17-22(25)28-21(24-17)20-7-4-10-29-20/h2-12H,13H2,1H3. The Morgan fingerprint density at radius 3 is 2.76 bits per heavy atom. The molecule has 5 nitrogen and oxygen atoms in total. The van der Waals surface area contributed by atoms with E-state index in [1.54, 1.807) is 19.3 Å². The molecule has 2 heterocycles. The van der Waals surface area contributed by atoms with Crippen molar-refractivity contribution >= 4 is 45.2 Å². The van der Waals surface area contributed by atoms with Crippen molar-refractivity contribution in [3.05, 3.63) is 86.2 Å². The van der Waals surface area contributed by atoms with E-state index in [1.807, 2.05) is 53.9 Å². The molecule has 0 N–H and O–H groups in total. The second kappa shape index (κ2) is 8.63. The fourth-order valence-electron chi connectivity index (χ4n) is 2.74. The first-order valence-electron chi connectivity index (χ1n) is 8.75. The van der Waals surface area contributed by atoms with E-state index in [0.717, 1.165) is 20.5 Å². The van der Waals surface area contributed by atoms with E-state index in [1.165, 1.54) is 11.3 Å². The lowest BCUT2D eigenvalue weighted by Gasteiger charge is -2.12. The highest BCUT2D eigenvalue weighted by Gasteiger charge is 2.24. The van der Waals surface area contributed by atoms with E-state index in [-0.39, 0.29) is 5.70 Å². The molecule has 4 rings (SSSR count). The highest BCUT2D eigenvalue weighted by molar-refractivity contribution is 9.10. The van der Waals surface area contributed by atoms with Crippen LogP contribution < -0.4 is 9.47 Å². The molecule has 1 aliphatic rings. The molecule has 3 aromatic rings. The molecular formula is C22H16BrNO4S. The number of cyclic esters (lactones) is 1. The van der Waals surface area contributed by atoms with Crippen molar-refractivity contribution in [3.63, 3.8) is 0 Å². The molecule has 0 bridgehead atoms. The summed E-state index contributed by atoms with van der Waals surface area (Å²) in [6.07, 6.45) is 1.67. The lowest BCUT2D eigenvalue weighted by Crippen LogP contribution is -2.03. The topological polar surface area (TPSA) is 57.1 Å². The summed E-state index contributed by atoms with van der Waals surface area (Å²) in [6.45, 7) is 0.376. The van der Waals surface area contributed by atoms with Gasteiger partial charge in [0.05, 0.1) is 12.0 Å². The van der Waals surface area contributed by atoms with Crippen LogP contribution in [0.5, 0.6) is 11.5 Å². The monoisotopic (exact) mass is 469 g/mol. The van der Waals surface area contributed by atoms with E-state index in [2.05, 4.69) is 20.9 Å². The zero-order chi connectivity index (χ0) is 20.2. The SMILES string of the molecule is COc1ccc(C=C2N=C(c3cccs3)OC2=O)cc1OCc1ccccc1Br. The smallest absolute Gasteiger partial charge is 0.363 e. The summed E-state index contributed by atoms with van der Waals surface area (Å²) in [4.78, 5) is 17.3. The van der Waals surface area contributed by atoms with Crippen LogP contribution in [-0.4, -0.2) is 19.0 Å². The van der Waals surface area contributed by atoms with Gasteiger partial charge < -0.3 is 14.2 Å². The Morgan fingerprint density at radius 1 is 1.14 bits per heavy atom. The van der Waals surface area contributed by atoms with Crippen molar-refractivity contribution in [1.29, 1.82) is 0 Å². The molecule has 1 aromatic heterocycles. The Hall–Kier alpha value is -2.90. The zero-order valence-electron chi connectivity index (χ0n) is 15.4. The second-order valence-corrected chi connectivity index (χ2v) is 7.91. The van der Waals surface area contributed by atoms with E-state index < -0.39 is 5.97 Å². The molecule has 29 heavy (non-hydrogen) atoms. The number of carbonyl (C=O) groups is 1. The van der Waals surface area contributed by atoms with Gasteiger partial charge in [-0.05, 0) is 41.3 Å². The average molecular weight is 470 g/mol. The van der Waals surface area contributed by atoms with E-state index in [9.17, 15) is 4.79 Å². The van der Waals surface area contributed by atoms with Crippen LogP contribution in [0.4, 0.5) is 0 Å². The molecule has 146 valence electrons. The van der Waals surface area contributed by atoms with Crippen molar-refractivity contribution in [3.8, 4) is 11.5 Å². The number of hydrogen-bond acceptors (Lipinski definition) is 6. The van der Waals surface area contributed by atoms with Gasteiger partial charge in [-0.3, -0.25) is 0 Å². The molecule has 7 heteroatoms. The summed E-state index contributed by atoms with van der Waals surface area (Å²) in [5.74, 6) is 1.04. The van der Waals surface area contributed by atoms with Gasteiger partial charge in [0.2, 0.25) is 5.90 Å². The summed E-state index contributed by atoms with van der Waals surface area (Å²) in [5.41, 5.74) is 2.02. The normalized spacial score (nSPS) is 14.6. The number of halogens is 1. The molecule has 0 amide bonds. The summed E-state index contributed by atoms with van der Waals surface area (Å²) >= 11 is 4.99. The van der Waals surface area contributed by atoms with Gasteiger partial charge in [-0.1, -0.05) is 46.3 Å². The maximum Gasteiger partial charge on any atom is 0.363 e. The average Bonchev–Trinajstić information content (AvgIpc) is 3.38. The first-order valence-corrected chi connectivity index (χ1v) is 10.4. The number of hydrogen-bond donors (Lipinski definition) is 0. The fourth-order valence-corrected chi connectivity index (χ4v) is 3.79. The van der Waals surface area contributed by atoms with Gasteiger partial charge in [0.15, 0.2) is 17.2 Å². The molecular weight excluding hydrogens is 454 g/mol. The van der Waals surface area contributed by atoms with Gasteiger partial charge in [0.25, 0.3) is 0 Å². The number of ether oxygens (including phenoxy) is 3. The molecule has 0 unspecified atom stereocenters. The minimum Gasteiger partial charge on any atom is -0.493 e. The molecule has 0 radical (unpaired) electrons. The van der Waals surface area contributed by atoms with Gasteiger partial charge in [-0.2, -0.15) is 0 Å². The van der Waals surface area contributed by atoms with Gasteiger partial charge in [-0.25, -0.2) is 9.79 Å². The Morgan fingerprint density at radius 2 is 2.00 bits per heavy atom. The van der Waals surface area contributed by atoms with Crippen LogP contribution in [0.25, 0.3) is 6.08 Å². The molecule has 0 saturated carbocycles. The lowest BCUT2D eigenvalue weighted by atomic mass is 10.1. The number of nitrogens with zero attached hydrogens (tertiary/aromatic N) is 1. The number of methoxy groups -OCH3 is 1. The number of rotatable bonds is 6. The van der Waals surface area contributed by atoms with Gasteiger partial charge in [0, 0.05) is 10.0 Å². The number of thiophene rings is 1. The summed E-state index contributed by atoms with van der Waals surface area (Å²) in [5, 5.41) is 1.91. The largest absolute Gasteiger partial charge is 0.493 e. The molecule has 0 aliphatic carbocycles. The molecule has 0 spiro atoms. The maximum atomic E-state index is 12.2. The minimum absolute atomic E-state index is 0.246. The third-order valence-electron chi connectivity index (χ3n) is 4.18. The summed E-state index contributed by atoms with van der Waals surface area (Å²) in [6, 6.07) is 17.0. The fraction of sp³-hybridized carbons (Fsp3) is 0.0909. The Bertz CT molecular complexity index is 1110. The second-order valence-electron chi connectivity index (χ2n) is 6.10. The number of benzene rings is 2. The zero-order valence-corrected chi connectivity index (χ0v) is 17.8. The third kappa shape index (κ3) is 4.41. The van der Waals surface area contributed by atoms with E-state index >= 15 is 0 Å². The van der Waals surface area contributed by atoms with Crippen molar-refractivity contribution < 1.29 is 19.0 Å². The molecule has 0 atom stereocenters. The summed E-state index contributed by atoms with van der Waals surface area (Å²) in [7, 11) is 1.59. The first kappa shape index (κ1) is 19.4. The van der Waals surface area contributed by atoms with Crippen molar-refractivity contribution in [2.45, 2.75) is 6.61 Å². The number of esters is 1. The highest BCUT2D eigenvalue weighted by Crippen LogP contribution is 2.31. The van der Waals surface area contributed by atoms with Crippen LogP contribution in [0.15, 0.2) is 75.1 Å². The van der Waals surface area contributed by atoms with Crippen LogP contribution in [0, 0.1) is 0 Å². The molecule has 1 aliphatic heterocycles. The van der Waals surface area contributed by atoms with Crippen molar-refractivity contribution in [2.75, 3.05) is 7.11 Å². The number of carbonyl (C=O) groups excluding carboxylic acids is 1. The van der Waals surface area contributed by atoms with Crippen LogP contribution in [-0.2, 0) is 16.1 Å². The Kier molecular flexibility index (Phi) is 5.78. The predicted octanol–water partition coefficient (Wildman–Crippen LogP) is 5.44. The Labute approximate surface area is 180 Å². The van der Waals surface area contributed by atoms with Gasteiger partial charge in [-0.15, -0.1) is 11.3 Å². The maximum absolute atomic E-state index is 12.2. The van der Waals surface area contributed by atoms with Crippen molar-refractivity contribution in [2.24, 2.45) is 4.99 Å². The van der Waals surface area contributed by atoms with Crippen LogP contribution in [0.2, 0.25) is 0 Å².